The Morgan fingerprint density at radius 3 is 2.57 bits per heavy atom. The Kier molecular flexibility index (Phi) is 3.73. The normalized spacial score (nSPS) is 7.14. The van der Waals surface area contributed by atoms with Gasteiger partial charge in [-0.05, 0) is 12.2 Å². The Bertz CT molecular complexity index is 66.0. The number of nitrogens with one attached hydrogen (secondary N) is 2. The first-order valence-electron chi connectivity index (χ1n) is 1.86. The molecule has 0 atom stereocenters. The first kappa shape index (κ1) is 6.71. The maximum absolute atomic E-state index is 4.88. The van der Waals surface area contributed by atoms with E-state index in [1.807, 2.05) is 6.82 Å². The van der Waals surface area contributed by atoms with Crippen LogP contribution in [-0.2, 0) is 0 Å². The second-order valence-electron chi connectivity index (χ2n) is 0.906. The van der Waals surface area contributed by atoms with Gasteiger partial charge in [0.2, 0.25) is 7.41 Å². The highest BCUT2D eigenvalue weighted by molar-refractivity contribution is 7.80. The van der Waals surface area contributed by atoms with Crippen LogP contribution in [0.2, 0.25) is 6.82 Å². The van der Waals surface area contributed by atoms with E-state index < -0.39 is 0 Å². The molecule has 0 aromatic carbocycles. The first-order chi connectivity index (χ1) is 3.31. The van der Waals surface area contributed by atoms with Crippen LogP contribution in [0.1, 0.15) is 0 Å². The molecule has 1 radical (unpaired) electrons. The predicted octanol–water partition coefficient (Wildman–Crippen LogP) is -1.01. The first-order valence-corrected chi connectivity index (χ1v) is 2.27. The minimum absolute atomic E-state index is 0.433. The van der Waals surface area contributed by atoms with Crippen molar-refractivity contribution in [3.63, 3.8) is 0 Å². The molecule has 39 valence electrons. The number of hydrogen-bond donors (Lipinski definition) is 3. The van der Waals surface area contributed by atoms with E-state index in [9.17, 15) is 0 Å². The van der Waals surface area contributed by atoms with Gasteiger partial charge in [-0.15, -0.1) is 0 Å². The van der Waals surface area contributed by atoms with Crippen LogP contribution in [0.4, 0.5) is 0 Å². The fraction of sp³-hybridized carbons (Fsp3) is 0.500. The summed E-state index contributed by atoms with van der Waals surface area (Å²) in [5.74, 6) is 4.88. The predicted molar refractivity (Wildman–Crippen MR) is 34.7 cm³/mol. The highest BCUT2D eigenvalue weighted by Gasteiger charge is 1.83. The fourth-order valence-corrected chi connectivity index (χ4v) is 0.291. The van der Waals surface area contributed by atoms with Crippen molar-refractivity contribution in [3.8, 4) is 0 Å². The molecular weight excluding hydrogens is 109 g/mol. The summed E-state index contributed by atoms with van der Waals surface area (Å²) in [5, 5.41) is 3.10. The minimum atomic E-state index is 0.433. The molecule has 7 heavy (non-hydrogen) atoms. The van der Waals surface area contributed by atoms with Crippen LogP contribution in [0.5, 0.6) is 0 Å². The Morgan fingerprint density at radius 1 is 1.86 bits per heavy atom. The van der Waals surface area contributed by atoms with E-state index in [-0.39, 0.29) is 0 Å². The molecule has 0 saturated carbocycles. The third-order valence-corrected chi connectivity index (χ3v) is 0.642. The second-order valence-corrected chi connectivity index (χ2v) is 1.31. The lowest BCUT2D eigenvalue weighted by Gasteiger charge is -1.99. The summed E-state index contributed by atoms with van der Waals surface area (Å²) in [6, 6.07) is 0. The van der Waals surface area contributed by atoms with E-state index in [4.69, 9.17) is 5.84 Å². The molecule has 0 amide bonds. The van der Waals surface area contributed by atoms with Crippen LogP contribution in [0.3, 0.4) is 0 Å². The van der Waals surface area contributed by atoms with E-state index in [1.54, 1.807) is 7.41 Å². The summed E-state index contributed by atoms with van der Waals surface area (Å²) in [7, 11) is 1.70. The summed E-state index contributed by atoms with van der Waals surface area (Å²) < 4.78 is 0. The molecule has 0 aliphatic heterocycles. The molecule has 0 bridgehead atoms. The lowest BCUT2D eigenvalue weighted by Crippen LogP contribution is -2.40. The van der Waals surface area contributed by atoms with Gasteiger partial charge in [0.05, 0.1) is 0 Å². The molecule has 0 aromatic heterocycles. The van der Waals surface area contributed by atoms with Gasteiger partial charge < -0.3 is 10.7 Å². The summed E-state index contributed by atoms with van der Waals surface area (Å²) in [4.78, 5) is 0. The minimum Gasteiger partial charge on any atom is -0.409 e. The van der Waals surface area contributed by atoms with Crippen LogP contribution in [-0.4, -0.2) is 12.5 Å². The van der Waals surface area contributed by atoms with Crippen molar-refractivity contribution in [2.75, 3.05) is 0 Å². The molecule has 3 nitrogen and oxygen atoms in total. The fourth-order valence-electron chi connectivity index (χ4n) is 0.173. The molecule has 0 saturated heterocycles. The Hall–Kier alpha value is -0.285. The van der Waals surface area contributed by atoms with Crippen LogP contribution in [0.15, 0.2) is 0 Å². The van der Waals surface area contributed by atoms with Crippen molar-refractivity contribution in [2.24, 2.45) is 5.84 Å². The van der Waals surface area contributed by atoms with E-state index in [1.165, 1.54) is 0 Å². The summed E-state index contributed by atoms with van der Waals surface area (Å²) in [6.07, 6.45) is 0. The average molecular weight is 116 g/mol. The van der Waals surface area contributed by atoms with Gasteiger partial charge in [0, 0.05) is 0 Å². The smallest absolute Gasteiger partial charge is 0.242 e. The number of hydrogen-bond acceptors (Lipinski definition) is 2. The third kappa shape index (κ3) is 3.55. The molecule has 0 rings (SSSR count). The van der Waals surface area contributed by atoms with Gasteiger partial charge in [-0.2, -0.15) is 0 Å². The molecule has 0 aromatic rings. The van der Waals surface area contributed by atoms with Crippen molar-refractivity contribution in [1.29, 1.82) is 0 Å². The summed E-state index contributed by atoms with van der Waals surface area (Å²) in [6.45, 7) is 1.82. The second kappa shape index (κ2) is 3.89. The number of rotatable bonds is 1. The zero-order valence-corrected chi connectivity index (χ0v) is 4.88. The van der Waals surface area contributed by atoms with E-state index in [0.29, 0.717) is 5.11 Å². The van der Waals surface area contributed by atoms with Crippen LogP contribution in [0, 0.1) is 0 Å². The van der Waals surface area contributed by atoms with Gasteiger partial charge >= 0.3 is 0 Å². The Labute approximate surface area is 48.9 Å². The van der Waals surface area contributed by atoms with Gasteiger partial charge in [0.1, 0.15) is 0 Å². The molecule has 0 spiro atoms. The lowest BCUT2D eigenvalue weighted by molar-refractivity contribution is 1.02. The van der Waals surface area contributed by atoms with Gasteiger partial charge in [-0.1, -0.05) is 6.82 Å². The molecule has 0 fully saturated rings. The van der Waals surface area contributed by atoms with Gasteiger partial charge in [0.25, 0.3) is 0 Å². The topological polar surface area (TPSA) is 50.1 Å². The lowest BCUT2D eigenvalue weighted by atomic mass is 10.0. The zero-order chi connectivity index (χ0) is 5.70. The zero-order valence-electron chi connectivity index (χ0n) is 4.06. The molecule has 0 aliphatic carbocycles. The summed E-state index contributed by atoms with van der Waals surface area (Å²) in [5.41, 5.74) is 2.25. The van der Waals surface area contributed by atoms with E-state index in [0.717, 1.165) is 0 Å². The monoisotopic (exact) mass is 116 g/mol. The molecule has 0 heterocycles. The maximum Gasteiger partial charge on any atom is 0.242 e. The van der Waals surface area contributed by atoms with E-state index >= 15 is 0 Å². The van der Waals surface area contributed by atoms with Crippen molar-refractivity contribution >= 4 is 24.7 Å². The van der Waals surface area contributed by atoms with Crippen molar-refractivity contribution in [3.05, 3.63) is 0 Å². The van der Waals surface area contributed by atoms with Crippen molar-refractivity contribution < 1.29 is 0 Å². The van der Waals surface area contributed by atoms with Crippen LogP contribution in [0.25, 0.3) is 0 Å². The average Bonchev–Trinajstić information content (AvgIpc) is 1.68. The highest BCUT2D eigenvalue weighted by Crippen LogP contribution is 1.54. The Balaban J connectivity index is 3.00. The van der Waals surface area contributed by atoms with Gasteiger partial charge in [-0.25, -0.2) is 5.84 Å². The van der Waals surface area contributed by atoms with Crippen LogP contribution < -0.4 is 16.5 Å². The SMILES string of the molecule is C[B]NC(=S)NN. The number of hydrazine groups is 1. The third-order valence-electron chi connectivity index (χ3n) is 0.407. The largest absolute Gasteiger partial charge is 0.409 e. The number of thiocarbonyl (C=S) groups is 1. The molecule has 5 heteroatoms. The standard InChI is InChI=1S/C2H7BN3S/c1-3-5-2(7)6-4/h4H2,1H3,(H2,5,6,7). The molecule has 4 N–H and O–H groups in total. The van der Waals surface area contributed by atoms with E-state index in [2.05, 4.69) is 22.9 Å². The maximum atomic E-state index is 4.88. The molecular formula is C2H7BN3S. The highest BCUT2D eigenvalue weighted by atomic mass is 32.1. The molecule has 0 aliphatic rings. The Morgan fingerprint density at radius 2 is 2.43 bits per heavy atom. The molecule has 0 unspecified atom stereocenters. The van der Waals surface area contributed by atoms with Crippen molar-refractivity contribution in [1.82, 2.24) is 10.7 Å². The van der Waals surface area contributed by atoms with Gasteiger partial charge in [0.15, 0.2) is 5.11 Å². The summed E-state index contributed by atoms with van der Waals surface area (Å²) >= 11 is 4.58. The van der Waals surface area contributed by atoms with Crippen molar-refractivity contribution in [2.45, 2.75) is 6.82 Å². The quantitative estimate of drug-likeness (QED) is 0.178. The van der Waals surface area contributed by atoms with Crippen LogP contribution >= 0.6 is 12.2 Å². The van der Waals surface area contributed by atoms with Gasteiger partial charge in [-0.3, -0.25) is 0 Å². The number of nitrogens with two attached hydrogens (primary N) is 1.